The predicted molar refractivity (Wildman–Crippen MR) is 115 cm³/mol. The molecule has 1 atom stereocenters. The molecule has 2 aromatic carbocycles. The average Bonchev–Trinajstić information content (AvgIpc) is 3.19. The minimum Gasteiger partial charge on any atom is -0.493 e. The number of carbonyl (C=O) groups excluding carboxylic acids is 3. The Morgan fingerprint density at radius 2 is 1.88 bits per heavy atom. The fourth-order valence-corrected chi connectivity index (χ4v) is 4.62. The van der Waals surface area contributed by atoms with Gasteiger partial charge in [-0.1, -0.05) is 12.1 Å². The summed E-state index contributed by atoms with van der Waals surface area (Å²) in [4.78, 5) is 37.5. The Morgan fingerprint density at radius 1 is 1.12 bits per heavy atom. The highest BCUT2D eigenvalue weighted by molar-refractivity contribution is 6.01. The third-order valence-electron chi connectivity index (χ3n) is 6.39. The Bertz CT molecular complexity index is 1120. The lowest BCUT2D eigenvalue weighted by atomic mass is 9.89. The number of rotatable bonds is 5. The van der Waals surface area contributed by atoms with Crippen LogP contribution < -0.4 is 20.3 Å². The second kappa shape index (κ2) is 8.46. The van der Waals surface area contributed by atoms with Gasteiger partial charge in [0.1, 0.15) is 17.4 Å². The Hall–Kier alpha value is -3.49. The molecule has 3 aliphatic rings. The first-order valence-electron chi connectivity index (χ1n) is 11.0. The largest absolute Gasteiger partial charge is 0.493 e. The molecule has 9 heteroatoms. The number of ether oxygens (including phenoxy) is 1. The Kier molecular flexibility index (Phi) is 5.47. The van der Waals surface area contributed by atoms with Crippen LogP contribution in [0, 0.1) is 11.6 Å². The molecule has 33 heavy (non-hydrogen) atoms. The third kappa shape index (κ3) is 4.27. The van der Waals surface area contributed by atoms with Crippen LogP contribution in [-0.4, -0.2) is 43.5 Å². The number of anilines is 1. The van der Waals surface area contributed by atoms with Gasteiger partial charge in [0.05, 0.1) is 25.0 Å². The number of fused-ring (bicyclic) bond motifs is 1. The summed E-state index contributed by atoms with van der Waals surface area (Å²) < 4.78 is 35.0. The van der Waals surface area contributed by atoms with Crippen molar-refractivity contribution < 1.29 is 27.9 Å². The number of hydrogen-bond donors (Lipinski definition) is 2. The summed E-state index contributed by atoms with van der Waals surface area (Å²) in [6.07, 6.45) is 1.24. The predicted octanol–water partition coefficient (Wildman–Crippen LogP) is 1.97. The monoisotopic (exact) mass is 455 g/mol. The maximum Gasteiger partial charge on any atom is 0.234 e. The minimum absolute atomic E-state index is 0.0447. The van der Waals surface area contributed by atoms with Crippen molar-refractivity contribution in [2.45, 2.75) is 37.6 Å². The first-order chi connectivity index (χ1) is 15.9. The molecule has 0 aromatic heterocycles. The molecule has 0 saturated carbocycles. The fraction of sp³-hybridized carbons (Fsp3) is 0.375. The molecule has 0 radical (unpaired) electrons. The number of benzene rings is 2. The van der Waals surface area contributed by atoms with Crippen molar-refractivity contribution in [3.8, 4) is 5.75 Å². The number of nitrogens with zero attached hydrogens (tertiary/aromatic N) is 1. The number of amides is 3. The van der Waals surface area contributed by atoms with E-state index in [0.717, 1.165) is 23.3 Å². The summed E-state index contributed by atoms with van der Waals surface area (Å²) in [7, 11) is 0. The Balaban J connectivity index is 1.17. The SMILES string of the molecule is O=C1CCC(c2c(F)cc(N3CC(NC(=O)Cc4ccc5c(c4)OCC5)C3)cc2F)C(=O)N1. The molecule has 7 nitrogen and oxygen atoms in total. The molecule has 3 amide bonds. The van der Waals surface area contributed by atoms with E-state index < -0.39 is 29.4 Å². The quantitative estimate of drug-likeness (QED) is 0.674. The molecular weight excluding hydrogens is 432 g/mol. The van der Waals surface area contributed by atoms with Crippen molar-refractivity contribution in [2.24, 2.45) is 0 Å². The van der Waals surface area contributed by atoms with Crippen LogP contribution in [0.1, 0.15) is 35.4 Å². The standard InChI is InChI=1S/C24H23F2N3O4/c25-18-9-16(10-19(26)23(18)17-3-4-21(30)28-24(17)32)29-11-15(12-29)27-22(31)8-13-1-2-14-5-6-33-20(14)7-13/h1-2,7,9-10,15,17H,3-6,8,11-12H2,(H,27,31)(H,28,30,32). The molecule has 172 valence electrons. The van der Waals surface area contributed by atoms with Crippen molar-refractivity contribution in [2.75, 3.05) is 24.6 Å². The lowest BCUT2D eigenvalue weighted by Crippen LogP contribution is -2.59. The van der Waals surface area contributed by atoms with Crippen LogP contribution >= 0.6 is 0 Å². The van der Waals surface area contributed by atoms with Gasteiger partial charge < -0.3 is 15.0 Å². The van der Waals surface area contributed by atoms with E-state index in [4.69, 9.17) is 4.74 Å². The smallest absolute Gasteiger partial charge is 0.234 e. The van der Waals surface area contributed by atoms with Gasteiger partial charge in [-0.3, -0.25) is 19.7 Å². The van der Waals surface area contributed by atoms with E-state index in [1.54, 1.807) is 4.90 Å². The molecule has 0 bridgehead atoms. The maximum absolute atomic E-state index is 14.7. The van der Waals surface area contributed by atoms with Gasteiger partial charge in [0.15, 0.2) is 0 Å². The lowest BCUT2D eigenvalue weighted by Gasteiger charge is -2.41. The topological polar surface area (TPSA) is 87.7 Å². The molecule has 0 spiro atoms. The summed E-state index contributed by atoms with van der Waals surface area (Å²) in [5.74, 6) is -3.06. The van der Waals surface area contributed by atoms with E-state index in [2.05, 4.69) is 10.6 Å². The van der Waals surface area contributed by atoms with Crippen LogP contribution in [0.15, 0.2) is 30.3 Å². The number of hydrogen-bond acceptors (Lipinski definition) is 5. The molecule has 3 heterocycles. The molecule has 1 unspecified atom stereocenters. The van der Waals surface area contributed by atoms with Crippen LogP contribution in [0.25, 0.3) is 0 Å². The molecule has 3 aliphatic heterocycles. The second-order valence-electron chi connectivity index (χ2n) is 8.71. The molecule has 0 aliphatic carbocycles. The van der Waals surface area contributed by atoms with Crippen molar-refractivity contribution in [3.63, 3.8) is 0 Å². The van der Waals surface area contributed by atoms with Crippen molar-refractivity contribution in [1.29, 1.82) is 0 Å². The number of piperidine rings is 1. The zero-order chi connectivity index (χ0) is 23.1. The van der Waals surface area contributed by atoms with Crippen LogP contribution in [0.5, 0.6) is 5.75 Å². The number of halogens is 2. The van der Waals surface area contributed by atoms with Crippen LogP contribution in [0.4, 0.5) is 14.5 Å². The fourth-order valence-electron chi connectivity index (χ4n) is 4.62. The zero-order valence-electron chi connectivity index (χ0n) is 17.8. The highest BCUT2D eigenvalue weighted by atomic mass is 19.1. The molecule has 2 fully saturated rings. The first-order valence-corrected chi connectivity index (χ1v) is 11.0. The van der Waals surface area contributed by atoms with Crippen molar-refractivity contribution in [1.82, 2.24) is 10.6 Å². The van der Waals surface area contributed by atoms with Gasteiger partial charge in [-0.15, -0.1) is 0 Å². The zero-order valence-corrected chi connectivity index (χ0v) is 17.8. The van der Waals surface area contributed by atoms with E-state index in [-0.39, 0.29) is 36.8 Å². The molecule has 2 saturated heterocycles. The average molecular weight is 455 g/mol. The molecule has 5 rings (SSSR count). The molecule has 2 N–H and O–H groups in total. The highest BCUT2D eigenvalue weighted by Gasteiger charge is 2.34. The van der Waals surface area contributed by atoms with E-state index in [0.29, 0.717) is 25.4 Å². The summed E-state index contributed by atoms with van der Waals surface area (Å²) >= 11 is 0. The van der Waals surface area contributed by atoms with Crippen LogP contribution in [0.2, 0.25) is 0 Å². The Morgan fingerprint density at radius 3 is 2.61 bits per heavy atom. The first kappa shape index (κ1) is 21.4. The number of imide groups is 1. The van der Waals surface area contributed by atoms with Crippen molar-refractivity contribution in [3.05, 3.63) is 58.7 Å². The Labute approximate surface area is 189 Å². The second-order valence-corrected chi connectivity index (χ2v) is 8.71. The van der Waals surface area contributed by atoms with E-state index >= 15 is 0 Å². The number of carbonyl (C=O) groups is 3. The normalized spacial score (nSPS) is 20.1. The van der Waals surface area contributed by atoms with Crippen LogP contribution in [-0.2, 0) is 27.2 Å². The van der Waals surface area contributed by atoms with E-state index in [9.17, 15) is 23.2 Å². The lowest BCUT2D eigenvalue weighted by molar-refractivity contribution is -0.134. The van der Waals surface area contributed by atoms with E-state index in [1.165, 1.54) is 12.1 Å². The summed E-state index contributed by atoms with van der Waals surface area (Å²) in [5, 5.41) is 5.07. The molecular formula is C24H23F2N3O4. The van der Waals surface area contributed by atoms with Gasteiger partial charge in [0.25, 0.3) is 0 Å². The van der Waals surface area contributed by atoms with Gasteiger partial charge in [0, 0.05) is 37.2 Å². The van der Waals surface area contributed by atoms with Gasteiger partial charge in [-0.2, -0.15) is 0 Å². The minimum atomic E-state index is -1.02. The number of nitrogens with one attached hydrogen (secondary N) is 2. The van der Waals surface area contributed by atoms with Gasteiger partial charge in [-0.05, 0) is 35.7 Å². The van der Waals surface area contributed by atoms with Gasteiger partial charge in [-0.25, -0.2) is 8.78 Å². The van der Waals surface area contributed by atoms with E-state index in [1.807, 2.05) is 18.2 Å². The van der Waals surface area contributed by atoms with Gasteiger partial charge >= 0.3 is 0 Å². The summed E-state index contributed by atoms with van der Waals surface area (Å²) in [5.41, 5.74) is 2.06. The summed E-state index contributed by atoms with van der Waals surface area (Å²) in [6, 6.07) is 8.08. The van der Waals surface area contributed by atoms with Crippen LogP contribution in [0.3, 0.4) is 0 Å². The highest BCUT2D eigenvalue weighted by Crippen LogP contribution is 2.33. The van der Waals surface area contributed by atoms with Gasteiger partial charge in [0.2, 0.25) is 17.7 Å². The third-order valence-corrected chi connectivity index (χ3v) is 6.39. The molecule has 2 aromatic rings. The van der Waals surface area contributed by atoms with Crippen molar-refractivity contribution >= 4 is 23.4 Å². The maximum atomic E-state index is 14.7. The summed E-state index contributed by atoms with van der Waals surface area (Å²) in [6.45, 7) is 1.52.